The highest BCUT2D eigenvalue weighted by Crippen LogP contribution is 2.22. The van der Waals surface area contributed by atoms with Gasteiger partial charge in [-0.25, -0.2) is 0 Å². The van der Waals surface area contributed by atoms with Gasteiger partial charge in [-0.05, 0) is 67.9 Å². The van der Waals surface area contributed by atoms with Crippen molar-refractivity contribution < 1.29 is 9.53 Å². The molecule has 0 bridgehead atoms. The van der Waals surface area contributed by atoms with Crippen molar-refractivity contribution in [3.05, 3.63) is 77.1 Å². The van der Waals surface area contributed by atoms with E-state index in [1.54, 1.807) is 30.5 Å². The van der Waals surface area contributed by atoms with Crippen molar-refractivity contribution >= 4 is 34.6 Å². The summed E-state index contributed by atoms with van der Waals surface area (Å²) in [5, 5.41) is 6.75. The fourth-order valence-electron chi connectivity index (χ4n) is 2.56. The van der Waals surface area contributed by atoms with Gasteiger partial charge in [0.25, 0.3) is 5.91 Å². The van der Waals surface area contributed by atoms with Crippen molar-refractivity contribution in [1.29, 1.82) is 0 Å². The Hall–Kier alpha value is -3.05. The van der Waals surface area contributed by atoms with Gasteiger partial charge < -0.3 is 15.4 Å². The lowest BCUT2D eigenvalue weighted by Crippen LogP contribution is -2.13. The summed E-state index contributed by atoms with van der Waals surface area (Å²) in [6, 6.07) is 14.7. The lowest BCUT2D eigenvalue weighted by molar-refractivity contribution is 0.102. The molecule has 5 nitrogen and oxygen atoms in total. The Morgan fingerprint density at radius 3 is 2.56 bits per heavy atom. The number of anilines is 3. The van der Waals surface area contributed by atoms with Crippen molar-refractivity contribution in [3.8, 4) is 5.75 Å². The van der Waals surface area contributed by atoms with E-state index in [9.17, 15) is 4.79 Å². The van der Waals surface area contributed by atoms with E-state index in [1.165, 1.54) is 6.20 Å². The van der Waals surface area contributed by atoms with Gasteiger partial charge in [-0.3, -0.25) is 9.78 Å². The molecule has 0 unspecified atom stereocenters. The van der Waals surface area contributed by atoms with Crippen LogP contribution in [0.3, 0.4) is 0 Å². The molecule has 0 aliphatic carbocycles. The topological polar surface area (TPSA) is 63.2 Å². The van der Waals surface area contributed by atoms with Gasteiger partial charge in [0.05, 0.1) is 24.1 Å². The van der Waals surface area contributed by atoms with Crippen LogP contribution in [0.5, 0.6) is 5.75 Å². The third kappa shape index (κ3) is 4.99. The number of aromatic nitrogens is 1. The number of benzene rings is 2. The first-order chi connectivity index (χ1) is 13.0. The van der Waals surface area contributed by atoms with Gasteiger partial charge in [0, 0.05) is 22.6 Å². The molecule has 0 saturated heterocycles. The van der Waals surface area contributed by atoms with E-state index in [1.807, 2.05) is 38.1 Å². The first-order valence-corrected chi connectivity index (χ1v) is 8.95. The smallest absolute Gasteiger partial charge is 0.257 e. The number of hydrogen-bond donors (Lipinski definition) is 2. The van der Waals surface area contributed by atoms with Crippen molar-refractivity contribution in [2.45, 2.75) is 13.8 Å². The number of aryl methyl sites for hydroxylation is 1. The number of carbonyl (C=O) groups is 1. The SMILES string of the molecule is CCOc1ccc(Nc2cncc(C(=O)Nc3ccc(Cl)cc3C)c2)cc1. The number of rotatable bonds is 6. The zero-order valence-electron chi connectivity index (χ0n) is 15.1. The maximum absolute atomic E-state index is 12.5. The number of nitrogens with one attached hydrogen (secondary N) is 2. The second-order valence-corrected chi connectivity index (χ2v) is 6.39. The average Bonchev–Trinajstić information content (AvgIpc) is 2.66. The fraction of sp³-hybridized carbons (Fsp3) is 0.143. The first kappa shape index (κ1) is 18.7. The van der Waals surface area contributed by atoms with Crippen LogP contribution in [0.1, 0.15) is 22.8 Å². The van der Waals surface area contributed by atoms with Gasteiger partial charge in [-0.2, -0.15) is 0 Å². The molecule has 138 valence electrons. The first-order valence-electron chi connectivity index (χ1n) is 8.57. The normalized spacial score (nSPS) is 10.3. The molecule has 0 atom stereocenters. The summed E-state index contributed by atoms with van der Waals surface area (Å²) in [6.07, 6.45) is 3.20. The fourth-order valence-corrected chi connectivity index (χ4v) is 2.79. The number of ether oxygens (including phenoxy) is 1. The Morgan fingerprint density at radius 1 is 1.07 bits per heavy atom. The van der Waals surface area contributed by atoms with Gasteiger partial charge in [0.1, 0.15) is 5.75 Å². The highest BCUT2D eigenvalue weighted by Gasteiger charge is 2.09. The molecule has 2 N–H and O–H groups in total. The Morgan fingerprint density at radius 2 is 1.85 bits per heavy atom. The quantitative estimate of drug-likeness (QED) is 0.597. The van der Waals surface area contributed by atoms with Gasteiger partial charge in [0.15, 0.2) is 0 Å². The minimum atomic E-state index is -0.233. The number of carbonyl (C=O) groups excluding carboxylic acids is 1. The van der Waals surface area contributed by atoms with E-state index < -0.39 is 0 Å². The molecule has 1 heterocycles. The van der Waals surface area contributed by atoms with Gasteiger partial charge in [-0.1, -0.05) is 11.6 Å². The summed E-state index contributed by atoms with van der Waals surface area (Å²) >= 11 is 5.96. The standard InChI is InChI=1S/C21H20ClN3O2/c1-3-27-19-7-5-17(6-8-19)24-18-11-15(12-23-13-18)21(26)25-20-9-4-16(22)10-14(20)2/h4-13,24H,3H2,1-2H3,(H,25,26). The van der Waals surface area contributed by atoms with Crippen LogP contribution < -0.4 is 15.4 Å². The Balaban J connectivity index is 1.71. The molecule has 0 saturated carbocycles. The monoisotopic (exact) mass is 381 g/mol. The van der Waals surface area contributed by atoms with E-state index in [0.29, 0.717) is 22.9 Å². The lowest BCUT2D eigenvalue weighted by atomic mass is 10.2. The summed E-state index contributed by atoms with van der Waals surface area (Å²) in [4.78, 5) is 16.7. The maximum atomic E-state index is 12.5. The predicted molar refractivity (Wildman–Crippen MR) is 109 cm³/mol. The lowest BCUT2D eigenvalue weighted by Gasteiger charge is -2.11. The predicted octanol–water partition coefficient (Wildman–Crippen LogP) is 5.44. The summed E-state index contributed by atoms with van der Waals surface area (Å²) in [6.45, 7) is 4.46. The van der Waals surface area contributed by atoms with Gasteiger partial charge >= 0.3 is 0 Å². The third-order valence-electron chi connectivity index (χ3n) is 3.89. The minimum Gasteiger partial charge on any atom is -0.494 e. The summed E-state index contributed by atoms with van der Waals surface area (Å²) in [5.41, 5.74) is 3.67. The van der Waals surface area contributed by atoms with E-state index in [2.05, 4.69) is 15.6 Å². The second kappa shape index (κ2) is 8.56. The largest absolute Gasteiger partial charge is 0.494 e. The van der Waals surface area contributed by atoms with Crippen LogP contribution in [0, 0.1) is 6.92 Å². The van der Waals surface area contributed by atoms with Gasteiger partial charge in [-0.15, -0.1) is 0 Å². The molecule has 0 aliphatic heterocycles. The molecule has 1 aromatic heterocycles. The highest BCUT2D eigenvalue weighted by atomic mass is 35.5. The van der Waals surface area contributed by atoms with Crippen LogP contribution >= 0.6 is 11.6 Å². The summed E-state index contributed by atoms with van der Waals surface area (Å²) < 4.78 is 5.43. The Bertz CT molecular complexity index is 942. The van der Waals surface area contributed by atoms with Crippen molar-refractivity contribution in [2.75, 3.05) is 17.2 Å². The van der Waals surface area contributed by atoms with Crippen LogP contribution in [0.15, 0.2) is 60.9 Å². The molecule has 3 aromatic rings. The number of halogens is 1. The van der Waals surface area contributed by atoms with E-state index in [-0.39, 0.29) is 5.91 Å². The minimum absolute atomic E-state index is 0.233. The van der Waals surface area contributed by atoms with Crippen molar-refractivity contribution in [2.24, 2.45) is 0 Å². The number of pyridine rings is 1. The van der Waals surface area contributed by atoms with Gasteiger partial charge in [0.2, 0.25) is 0 Å². The van der Waals surface area contributed by atoms with Crippen LogP contribution in [0.4, 0.5) is 17.1 Å². The summed E-state index contributed by atoms with van der Waals surface area (Å²) in [7, 11) is 0. The van der Waals surface area contributed by atoms with Crippen molar-refractivity contribution in [3.63, 3.8) is 0 Å². The van der Waals surface area contributed by atoms with Crippen LogP contribution in [-0.2, 0) is 0 Å². The molecule has 0 fully saturated rings. The highest BCUT2D eigenvalue weighted by molar-refractivity contribution is 6.30. The Labute approximate surface area is 163 Å². The molecule has 27 heavy (non-hydrogen) atoms. The zero-order chi connectivity index (χ0) is 19.2. The molecule has 0 spiro atoms. The molecule has 1 amide bonds. The van der Waals surface area contributed by atoms with E-state index in [4.69, 9.17) is 16.3 Å². The van der Waals surface area contributed by atoms with E-state index in [0.717, 1.165) is 22.7 Å². The molecule has 6 heteroatoms. The number of amides is 1. The number of hydrogen-bond acceptors (Lipinski definition) is 4. The average molecular weight is 382 g/mol. The molecular weight excluding hydrogens is 362 g/mol. The van der Waals surface area contributed by atoms with Crippen LogP contribution in [0.2, 0.25) is 5.02 Å². The second-order valence-electron chi connectivity index (χ2n) is 5.96. The zero-order valence-corrected chi connectivity index (χ0v) is 15.9. The molecule has 2 aromatic carbocycles. The third-order valence-corrected chi connectivity index (χ3v) is 4.13. The van der Waals surface area contributed by atoms with Crippen LogP contribution in [-0.4, -0.2) is 17.5 Å². The molecule has 3 rings (SSSR count). The molecule has 0 aliphatic rings. The molecule has 0 radical (unpaired) electrons. The van der Waals surface area contributed by atoms with E-state index >= 15 is 0 Å². The molecular formula is C21H20ClN3O2. The van der Waals surface area contributed by atoms with Crippen LogP contribution in [0.25, 0.3) is 0 Å². The van der Waals surface area contributed by atoms with Crippen molar-refractivity contribution in [1.82, 2.24) is 4.98 Å². The summed E-state index contributed by atoms with van der Waals surface area (Å²) in [5.74, 6) is 0.580. The maximum Gasteiger partial charge on any atom is 0.257 e. The number of nitrogens with zero attached hydrogens (tertiary/aromatic N) is 1. The Kier molecular flexibility index (Phi) is 5.94.